The summed E-state index contributed by atoms with van der Waals surface area (Å²) in [4.78, 5) is 24.3. The molecule has 1 saturated heterocycles. The van der Waals surface area contributed by atoms with Crippen molar-refractivity contribution >= 4 is 11.8 Å². The summed E-state index contributed by atoms with van der Waals surface area (Å²) in [6.07, 6.45) is -4.97. The summed E-state index contributed by atoms with van der Waals surface area (Å²) in [5.74, 6) is -1.65. The number of alkyl halides is 5. The van der Waals surface area contributed by atoms with Gasteiger partial charge in [-0.05, 0) is 30.5 Å². The van der Waals surface area contributed by atoms with Crippen LogP contribution >= 0.6 is 0 Å². The Hall–Kier alpha value is -2.39. The zero-order valence-corrected chi connectivity index (χ0v) is 13.3. The molecule has 2 amide bonds. The van der Waals surface area contributed by atoms with Crippen LogP contribution in [0.4, 0.5) is 22.0 Å². The quantitative estimate of drug-likeness (QED) is 0.772. The van der Waals surface area contributed by atoms with Crippen LogP contribution in [0.3, 0.4) is 0 Å². The minimum atomic E-state index is -4.57. The molecule has 5 nitrogen and oxygen atoms in total. The number of amides is 2. The van der Waals surface area contributed by atoms with Gasteiger partial charge in [0.15, 0.2) is 0 Å². The van der Waals surface area contributed by atoms with Crippen LogP contribution in [-0.4, -0.2) is 36.7 Å². The molecule has 1 saturated carbocycles. The van der Waals surface area contributed by atoms with Crippen molar-refractivity contribution in [2.45, 2.75) is 44.1 Å². The van der Waals surface area contributed by atoms with Gasteiger partial charge in [0, 0.05) is 6.42 Å². The fraction of sp³-hybridized carbons (Fsp3) is 0.500. The van der Waals surface area contributed by atoms with E-state index >= 15 is 0 Å². The Kier molecular flexibility index (Phi) is 4.53. The molecule has 1 aliphatic heterocycles. The average molecular weight is 378 g/mol. The Morgan fingerprint density at radius 1 is 1.08 bits per heavy atom. The van der Waals surface area contributed by atoms with Crippen molar-refractivity contribution in [1.29, 1.82) is 0 Å². The highest BCUT2D eigenvalue weighted by atomic mass is 19.4. The van der Waals surface area contributed by atoms with Gasteiger partial charge in [-0.3, -0.25) is 9.59 Å². The topological polar surface area (TPSA) is 67.4 Å². The van der Waals surface area contributed by atoms with Crippen molar-refractivity contribution < 1.29 is 36.3 Å². The third-order valence-electron chi connectivity index (χ3n) is 4.68. The predicted octanol–water partition coefficient (Wildman–Crippen LogP) is 2.16. The van der Waals surface area contributed by atoms with E-state index in [-0.39, 0.29) is 25.0 Å². The normalized spacial score (nSPS) is 24.8. The molecule has 3 rings (SSSR count). The first-order valence-electron chi connectivity index (χ1n) is 7.84. The molecule has 0 spiro atoms. The molecule has 0 bridgehead atoms. The fourth-order valence-corrected chi connectivity index (χ4v) is 3.07. The number of piperazine rings is 1. The van der Waals surface area contributed by atoms with Crippen molar-refractivity contribution in [2.24, 2.45) is 5.41 Å². The lowest BCUT2D eigenvalue weighted by Crippen LogP contribution is -2.66. The fourth-order valence-electron chi connectivity index (χ4n) is 3.07. The van der Waals surface area contributed by atoms with Crippen LogP contribution in [0.1, 0.15) is 18.4 Å². The zero-order chi connectivity index (χ0) is 19.1. The molecule has 26 heavy (non-hydrogen) atoms. The van der Waals surface area contributed by atoms with Crippen LogP contribution in [-0.2, 0) is 16.0 Å². The van der Waals surface area contributed by atoms with Gasteiger partial charge in [-0.2, -0.15) is 22.0 Å². The van der Waals surface area contributed by atoms with Crippen molar-refractivity contribution in [3.8, 4) is 5.75 Å². The van der Waals surface area contributed by atoms with E-state index in [4.69, 9.17) is 0 Å². The number of ether oxygens (including phenoxy) is 1. The lowest BCUT2D eigenvalue weighted by molar-refractivity contribution is -0.199. The second-order valence-corrected chi connectivity index (χ2v) is 6.38. The number of hydrogen-bond donors (Lipinski definition) is 2. The molecule has 1 heterocycles. The largest absolute Gasteiger partial charge is 0.435 e. The van der Waals surface area contributed by atoms with Gasteiger partial charge in [0.25, 0.3) is 0 Å². The Bertz CT molecular complexity index is 701. The van der Waals surface area contributed by atoms with E-state index in [0.29, 0.717) is 5.56 Å². The van der Waals surface area contributed by atoms with Gasteiger partial charge in [0.05, 0.1) is 5.41 Å². The molecular formula is C16H15F5N2O3. The number of rotatable bonds is 5. The molecule has 2 atom stereocenters. The van der Waals surface area contributed by atoms with Gasteiger partial charge in [-0.15, -0.1) is 0 Å². The molecule has 2 fully saturated rings. The highest BCUT2D eigenvalue weighted by Gasteiger charge is 2.70. The van der Waals surface area contributed by atoms with Crippen LogP contribution in [0.15, 0.2) is 24.3 Å². The monoisotopic (exact) mass is 378 g/mol. The minimum Gasteiger partial charge on any atom is -0.435 e. The van der Waals surface area contributed by atoms with E-state index in [1.165, 1.54) is 24.3 Å². The van der Waals surface area contributed by atoms with Crippen LogP contribution in [0.25, 0.3) is 0 Å². The number of nitrogens with one attached hydrogen (secondary N) is 2. The maximum atomic E-state index is 13.2. The lowest BCUT2D eigenvalue weighted by atomic mass is 9.91. The Balaban J connectivity index is 1.65. The Labute approximate surface area is 144 Å². The molecule has 0 aromatic heterocycles. The smallest absolute Gasteiger partial charge is 0.396 e. The van der Waals surface area contributed by atoms with Crippen molar-refractivity contribution in [1.82, 2.24) is 10.6 Å². The highest BCUT2D eigenvalue weighted by molar-refractivity contribution is 5.98. The molecule has 1 aliphatic carbocycles. The number of benzene rings is 1. The van der Waals surface area contributed by atoms with Gasteiger partial charge >= 0.3 is 12.8 Å². The minimum absolute atomic E-state index is 0.0122. The van der Waals surface area contributed by atoms with Crippen LogP contribution < -0.4 is 15.4 Å². The van der Waals surface area contributed by atoms with Gasteiger partial charge in [-0.25, -0.2) is 0 Å². The molecule has 1 aromatic carbocycles. The molecular weight excluding hydrogens is 363 g/mol. The number of carbonyl (C=O) groups excluding carboxylic acids is 2. The summed E-state index contributed by atoms with van der Waals surface area (Å²) in [6, 6.07) is 2.74. The first kappa shape index (κ1) is 18.4. The zero-order valence-electron chi connectivity index (χ0n) is 13.3. The maximum Gasteiger partial charge on any atom is 0.396 e. The Morgan fingerprint density at radius 2 is 1.69 bits per heavy atom. The van der Waals surface area contributed by atoms with Crippen molar-refractivity contribution in [3.05, 3.63) is 29.8 Å². The summed E-state index contributed by atoms with van der Waals surface area (Å²) >= 11 is 0. The number of halogens is 5. The Morgan fingerprint density at radius 3 is 2.19 bits per heavy atom. The maximum absolute atomic E-state index is 13.2. The molecule has 142 valence electrons. The van der Waals surface area contributed by atoms with E-state index < -0.39 is 42.1 Å². The standard InChI is InChI=1S/C16H15F5N2O3/c17-14(18)26-9-3-1-8(2-4-9)7-10-12(24)23-11(13(25)22-10)15(5-6-15)16(19,20)21/h1-4,10-11,14H,5-7H2,(H,22,25)(H,23,24). The van der Waals surface area contributed by atoms with Gasteiger partial charge < -0.3 is 15.4 Å². The molecule has 2 aliphatic rings. The first-order valence-corrected chi connectivity index (χ1v) is 7.84. The van der Waals surface area contributed by atoms with Crippen LogP contribution in [0.2, 0.25) is 0 Å². The van der Waals surface area contributed by atoms with E-state index in [1.807, 2.05) is 0 Å². The molecule has 10 heteroatoms. The van der Waals surface area contributed by atoms with E-state index in [0.717, 1.165) is 0 Å². The molecule has 0 radical (unpaired) electrons. The molecule has 2 N–H and O–H groups in total. The van der Waals surface area contributed by atoms with Crippen LogP contribution in [0, 0.1) is 5.41 Å². The third kappa shape index (κ3) is 3.45. The van der Waals surface area contributed by atoms with Crippen LogP contribution in [0.5, 0.6) is 5.75 Å². The summed E-state index contributed by atoms with van der Waals surface area (Å²) in [7, 11) is 0. The summed E-state index contributed by atoms with van der Waals surface area (Å²) in [5, 5.41) is 4.52. The highest BCUT2D eigenvalue weighted by Crippen LogP contribution is 2.60. The summed E-state index contributed by atoms with van der Waals surface area (Å²) in [5.41, 5.74) is -1.66. The number of carbonyl (C=O) groups is 2. The third-order valence-corrected chi connectivity index (χ3v) is 4.68. The molecule has 1 aromatic rings. The second kappa shape index (κ2) is 6.40. The average Bonchev–Trinajstić information content (AvgIpc) is 3.33. The van der Waals surface area contributed by atoms with E-state index in [9.17, 15) is 31.5 Å². The SMILES string of the molecule is O=C1NC(C2(C(F)(F)F)CC2)C(=O)NC1Cc1ccc(OC(F)F)cc1. The van der Waals surface area contributed by atoms with Crippen molar-refractivity contribution in [2.75, 3.05) is 0 Å². The predicted molar refractivity (Wildman–Crippen MR) is 78.4 cm³/mol. The molecule has 2 unspecified atom stereocenters. The lowest BCUT2D eigenvalue weighted by Gasteiger charge is -2.35. The van der Waals surface area contributed by atoms with Gasteiger partial charge in [0.2, 0.25) is 11.8 Å². The number of hydrogen-bond acceptors (Lipinski definition) is 3. The van der Waals surface area contributed by atoms with E-state index in [1.54, 1.807) is 0 Å². The van der Waals surface area contributed by atoms with Gasteiger partial charge in [-0.1, -0.05) is 12.1 Å². The first-order chi connectivity index (χ1) is 12.1. The van der Waals surface area contributed by atoms with Gasteiger partial charge in [0.1, 0.15) is 17.8 Å². The van der Waals surface area contributed by atoms with Crippen molar-refractivity contribution in [3.63, 3.8) is 0 Å². The van der Waals surface area contributed by atoms with E-state index in [2.05, 4.69) is 15.4 Å². The summed E-state index contributed by atoms with van der Waals surface area (Å²) < 4.78 is 67.9. The second-order valence-electron chi connectivity index (χ2n) is 6.38. The summed E-state index contributed by atoms with van der Waals surface area (Å²) in [6.45, 7) is -2.97.